The lowest BCUT2D eigenvalue weighted by Crippen LogP contribution is -2.47. The number of thioether (sulfide) groups is 1. The predicted octanol–water partition coefficient (Wildman–Crippen LogP) is 1.54. The summed E-state index contributed by atoms with van der Waals surface area (Å²) in [6.45, 7) is 9.11. The molecular formula is C11H22N2OS. The summed E-state index contributed by atoms with van der Waals surface area (Å²) in [5, 5.41) is 3.28. The van der Waals surface area contributed by atoms with E-state index in [0.717, 1.165) is 11.5 Å². The number of hydrogen-bond donors (Lipinski definition) is 1. The molecule has 0 aliphatic carbocycles. The van der Waals surface area contributed by atoms with Crippen LogP contribution in [0.2, 0.25) is 0 Å². The average molecular weight is 230 g/mol. The second-order valence-electron chi connectivity index (χ2n) is 4.38. The lowest BCUT2D eigenvalue weighted by molar-refractivity contribution is -0.130. The fourth-order valence-corrected chi connectivity index (χ4v) is 2.72. The number of nitrogens with zero attached hydrogens (tertiary/aromatic N) is 1. The summed E-state index contributed by atoms with van der Waals surface area (Å²) in [6.07, 6.45) is 0.227. The maximum Gasteiger partial charge on any atom is 0.238 e. The number of nitrogens with one attached hydrogen (secondary N) is 1. The summed E-state index contributed by atoms with van der Waals surface area (Å²) in [6, 6.07) is 0.338. The summed E-state index contributed by atoms with van der Waals surface area (Å²) in [5.74, 6) is 2.88. The summed E-state index contributed by atoms with van der Waals surface area (Å²) in [4.78, 5) is 13.8. The topological polar surface area (TPSA) is 32.3 Å². The maximum absolute atomic E-state index is 11.7. The van der Waals surface area contributed by atoms with E-state index in [-0.39, 0.29) is 12.1 Å². The predicted molar refractivity (Wildman–Crippen MR) is 65.9 cm³/mol. The van der Waals surface area contributed by atoms with Gasteiger partial charge in [-0.3, -0.25) is 10.1 Å². The van der Waals surface area contributed by atoms with Gasteiger partial charge in [-0.05, 0) is 18.6 Å². The number of amides is 1. The molecule has 0 bridgehead atoms. The summed E-state index contributed by atoms with van der Waals surface area (Å²) >= 11 is 1.90. The molecule has 4 heteroatoms. The van der Waals surface area contributed by atoms with E-state index in [0.29, 0.717) is 18.5 Å². The fourth-order valence-electron chi connectivity index (χ4n) is 1.98. The Bertz CT molecular complexity index is 221. The smallest absolute Gasteiger partial charge is 0.238 e. The largest absolute Gasteiger partial charge is 0.322 e. The van der Waals surface area contributed by atoms with Crippen LogP contribution in [-0.4, -0.2) is 41.1 Å². The number of hydrogen-bond acceptors (Lipinski definition) is 3. The molecule has 1 rings (SSSR count). The van der Waals surface area contributed by atoms with Crippen molar-refractivity contribution in [1.82, 2.24) is 10.2 Å². The van der Waals surface area contributed by atoms with Crippen LogP contribution in [0.15, 0.2) is 0 Å². The molecule has 2 unspecified atom stereocenters. The van der Waals surface area contributed by atoms with Gasteiger partial charge in [0.05, 0.1) is 12.7 Å². The highest BCUT2D eigenvalue weighted by atomic mass is 32.2. The molecule has 2 atom stereocenters. The molecule has 88 valence electrons. The van der Waals surface area contributed by atoms with Crippen molar-refractivity contribution in [3.63, 3.8) is 0 Å². The molecule has 1 aliphatic rings. The van der Waals surface area contributed by atoms with Crippen LogP contribution < -0.4 is 5.32 Å². The third-order valence-electron chi connectivity index (χ3n) is 2.72. The number of carbonyl (C=O) groups excluding carboxylic acids is 1. The Morgan fingerprint density at radius 2 is 2.20 bits per heavy atom. The Morgan fingerprint density at radius 1 is 1.53 bits per heavy atom. The monoisotopic (exact) mass is 230 g/mol. The van der Waals surface area contributed by atoms with Crippen LogP contribution in [0.5, 0.6) is 0 Å². The van der Waals surface area contributed by atoms with E-state index in [2.05, 4.69) is 33.0 Å². The van der Waals surface area contributed by atoms with Gasteiger partial charge < -0.3 is 4.90 Å². The first-order chi connectivity index (χ1) is 7.07. The van der Waals surface area contributed by atoms with Gasteiger partial charge in [-0.2, -0.15) is 11.8 Å². The minimum atomic E-state index is 0.227. The SMILES string of the molecule is CCSCC(C)N1C(=O)CNC1C(C)C. The first-order valence-corrected chi connectivity index (χ1v) is 6.85. The molecule has 0 saturated carbocycles. The second kappa shape index (κ2) is 5.75. The standard InChI is InChI=1S/C11H22N2OS/c1-5-15-7-9(4)13-10(14)6-12-11(13)8(2)3/h8-9,11-12H,5-7H2,1-4H3. The third kappa shape index (κ3) is 3.11. The molecule has 0 aromatic rings. The molecule has 1 saturated heterocycles. The van der Waals surface area contributed by atoms with Crippen molar-refractivity contribution in [3.05, 3.63) is 0 Å². The highest BCUT2D eigenvalue weighted by Crippen LogP contribution is 2.19. The highest BCUT2D eigenvalue weighted by molar-refractivity contribution is 7.99. The number of carbonyl (C=O) groups is 1. The van der Waals surface area contributed by atoms with Crippen LogP contribution in [0, 0.1) is 5.92 Å². The van der Waals surface area contributed by atoms with E-state index in [9.17, 15) is 4.79 Å². The van der Waals surface area contributed by atoms with E-state index in [1.165, 1.54) is 0 Å². The van der Waals surface area contributed by atoms with Gasteiger partial charge in [-0.25, -0.2) is 0 Å². The minimum absolute atomic E-state index is 0.227. The van der Waals surface area contributed by atoms with Crippen molar-refractivity contribution in [2.45, 2.75) is 39.9 Å². The molecule has 1 aliphatic heterocycles. The maximum atomic E-state index is 11.7. The molecule has 1 fully saturated rings. The van der Waals surface area contributed by atoms with Crippen molar-refractivity contribution >= 4 is 17.7 Å². The van der Waals surface area contributed by atoms with Crippen LogP contribution >= 0.6 is 11.8 Å². The van der Waals surface area contributed by atoms with E-state index in [1.807, 2.05) is 16.7 Å². The van der Waals surface area contributed by atoms with Crippen LogP contribution in [0.4, 0.5) is 0 Å². The van der Waals surface area contributed by atoms with Crippen LogP contribution in [0.25, 0.3) is 0 Å². The summed E-state index contributed by atoms with van der Waals surface area (Å²) in [7, 11) is 0. The summed E-state index contributed by atoms with van der Waals surface area (Å²) < 4.78 is 0. The van der Waals surface area contributed by atoms with Crippen molar-refractivity contribution in [1.29, 1.82) is 0 Å². The Hall–Kier alpha value is -0.220. The van der Waals surface area contributed by atoms with Gasteiger partial charge in [0.25, 0.3) is 0 Å². The van der Waals surface area contributed by atoms with Crippen molar-refractivity contribution < 1.29 is 4.79 Å². The van der Waals surface area contributed by atoms with Gasteiger partial charge >= 0.3 is 0 Å². The zero-order valence-corrected chi connectivity index (χ0v) is 10.9. The van der Waals surface area contributed by atoms with Gasteiger partial charge in [-0.15, -0.1) is 0 Å². The van der Waals surface area contributed by atoms with Gasteiger partial charge in [-0.1, -0.05) is 20.8 Å². The molecule has 1 heterocycles. The van der Waals surface area contributed by atoms with E-state index < -0.39 is 0 Å². The van der Waals surface area contributed by atoms with Gasteiger partial charge in [0, 0.05) is 11.8 Å². The van der Waals surface area contributed by atoms with Crippen molar-refractivity contribution in [2.75, 3.05) is 18.1 Å². The van der Waals surface area contributed by atoms with E-state index >= 15 is 0 Å². The van der Waals surface area contributed by atoms with Crippen LogP contribution in [-0.2, 0) is 4.79 Å². The molecule has 1 amide bonds. The fraction of sp³-hybridized carbons (Fsp3) is 0.909. The molecule has 0 spiro atoms. The Labute approximate surface area is 97.0 Å². The third-order valence-corrected chi connectivity index (χ3v) is 3.85. The highest BCUT2D eigenvalue weighted by Gasteiger charge is 2.35. The molecular weight excluding hydrogens is 208 g/mol. The second-order valence-corrected chi connectivity index (χ2v) is 5.70. The molecule has 15 heavy (non-hydrogen) atoms. The van der Waals surface area contributed by atoms with Crippen molar-refractivity contribution in [3.8, 4) is 0 Å². The van der Waals surface area contributed by atoms with Crippen LogP contribution in [0.3, 0.4) is 0 Å². The number of rotatable bonds is 5. The normalized spacial score (nSPS) is 23.9. The Morgan fingerprint density at radius 3 is 2.73 bits per heavy atom. The van der Waals surface area contributed by atoms with E-state index in [1.54, 1.807) is 0 Å². The molecule has 0 aromatic carbocycles. The first kappa shape index (κ1) is 12.8. The quantitative estimate of drug-likeness (QED) is 0.777. The van der Waals surface area contributed by atoms with E-state index in [4.69, 9.17) is 0 Å². The average Bonchev–Trinajstić information content (AvgIpc) is 2.56. The Balaban J connectivity index is 2.58. The minimum Gasteiger partial charge on any atom is -0.322 e. The Kier molecular flexibility index (Phi) is 4.93. The zero-order chi connectivity index (χ0) is 11.4. The van der Waals surface area contributed by atoms with Gasteiger partial charge in [0.15, 0.2) is 0 Å². The molecule has 0 radical (unpaired) electrons. The zero-order valence-electron chi connectivity index (χ0n) is 10.1. The summed E-state index contributed by atoms with van der Waals surface area (Å²) in [5.41, 5.74) is 0. The molecule has 0 aromatic heterocycles. The van der Waals surface area contributed by atoms with Crippen molar-refractivity contribution in [2.24, 2.45) is 5.92 Å². The lowest BCUT2D eigenvalue weighted by Gasteiger charge is -2.32. The van der Waals surface area contributed by atoms with Gasteiger partial charge in [0.1, 0.15) is 0 Å². The van der Waals surface area contributed by atoms with Crippen LogP contribution in [0.1, 0.15) is 27.7 Å². The molecule has 3 nitrogen and oxygen atoms in total. The molecule has 1 N–H and O–H groups in total. The lowest BCUT2D eigenvalue weighted by atomic mass is 10.1. The first-order valence-electron chi connectivity index (χ1n) is 5.70. The van der Waals surface area contributed by atoms with Gasteiger partial charge in [0.2, 0.25) is 5.91 Å².